The fourth-order valence-corrected chi connectivity index (χ4v) is 3.45. The van der Waals surface area contributed by atoms with Crippen molar-refractivity contribution in [1.82, 2.24) is 5.32 Å². The summed E-state index contributed by atoms with van der Waals surface area (Å²) in [5, 5.41) is 5.83. The minimum absolute atomic E-state index is 0.183. The highest BCUT2D eigenvalue weighted by Gasteiger charge is 2.31. The summed E-state index contributed by atoms with van der Waals surface area (Å²) in [4.78, 5) is 1.46. The van der Waals surface area contributed by atoms with Crippen LogP contribution in [-0.4, -0.2) is 12.1 Å². The molecule has 18 heavy (non-hydrogen) atoms. The van der Waals surface area contributed by atoms with E-state index < -0.39 is 0 Å². The van der Waals surface area contributed by atoms with E-state index in [2.05, 4.69) is 74.2 Å². The lowest BCUT2D eigenvalue weighted by Crippen LogP contribution is -2.45. The highest BCUT2D eigenvalue weighted by molar-refractivity contribution is 9.10. The quantitative estimate of drug-likeness (QED) is 0.791. The summed E-state index contributed by atoms with van der Waals surface area (Å²) in [6.45, 7) is 14.8. The van der Waals surface area contributed by atoms with E-state index in [9.17, 15) is 0 Å². The molecular weight excluding hydrogens is 306 g/mol. The third-order valence-corrected chi connectivity index (χ3v) is 5.60. The molecule has 0 fully saturated rings. The maximum absolute atomic E-state index is 3.67. The van der Waals surface area contributed by atoms with Crippen molar-refractivity contribution < 1.29 is 0 Å². The molecule has 3 heteroatoms. The average molecular weight is 332 g/mol. The molecule has 0 aromatic carbocycles. The van der Waals surface area contributed by atoms with Crippen LogP contribution in [0.1, 0.15) is 46.4 Å². The van der Waals surface area contributed by atoms with Crippen molar-refractivity contribution in [3.63, 3.8) is 0 Å². The molecule has 0 saturated carbocycles. The molecule has 1 aromatic rings. The van der Waals surface area contributed by atoms with Crippen LogP contribution >= 0.6 is 27.3 Å². The normalized spacial score (nSPS) is 16.0. The van der Waals surface area contributed by atoms with Gasteiger partial charge in [0.25, 0.3) is 0 Å². The van der Waals surface area contributed by atoms with Crippen LogP contribution < -0.4 is 5.32 Å². The molecule has 104 valence electrons. The van der Waals surface area contributed by atoms with Crippen molar-refractivity contribution in [3.8, 4) is 0 Å². The third-order valence-electron chi connectivity index (χ3n) is 3.67. The Morgan fingerprint density at radius 3 is 2.28 bits per heavy atom. The van der Waals surface area contributed by atoms with E-state index in [1.807, 2.05) is 11.3 Å². The Hall–Kier alpha value is 0.140. The van der Waals surface area contributed by atoms with Crippen molar-refractivity contribution >= 4 is 27.3 Å². The first-order valence-electron chi connectivity index (χ1n) is 6.61. The van der Waals surface area contributed by atoms with Crippen molar-refractivity contribution in [2.45, 2.75) is 53.5 Å². The second-order valence-electron chi connectivity index (χ2n) is 6.78. The zero-order valence-electron chi connectivity index (χ0n) is 12.4. The van der Waals surface area contributed by atoms with E-state index >= 15 is 0 Å². The van der Waals surface area contributed by atoms with Crippen LogP contribution in [0, 0.1) is 11.3 Å². The molecule has 1 rings (SSSR count). The van der Waals surface area contributed by atoms with Crippen molar-refractivity contribution in [2.24, 2.45) is 11.3 Å². The zero-order valence-corrected chi connectivity index (χ0v) is 14.8. The van der Waals surface area contributed by atoms with Crippen LogP contribution in [0.5, 0.6) is 0 Å². The van der Waals surface area contributed by atoms with E-state index in [4.69, 9.17) is 0 Å². The second kappa shape index (κ2) is 6.06. The van der Waals surface area contributed by atoms with Crippen LogP contribution in [-0.2, 0) is 6.42 Å². The number of halogens is 1. The van der Waals surface area contributed by atoms with E-state index in [-0.39, 0.29) is 5.54 Å². The Balaban J connectivity index is 2.78. The molecule has 1 atom stereocenters. The fraction of sp³-hybridized carbons (Fsp3) is 0.733. The zero-order chi connectivity index (χ0) is 14.0. The first kappa shape index (κ1) is 16.2. The van der Waals surface area contributed by atoms with Crippen molar-refractivity contribution in [2.75, 3.05) is 6.54 Å². The Morgan fingerprint density at radius 2 is 1.89 bits per heavy atom. The second-order valence-corrected chi connectivity index (χ2v) is 8.64. The molecule has 1 aromatic heterocycles. The van der Waals surface area contributed by atoms with Gasteiger partial charge in [-0.2, -0.15) is 0 Å². The number of hydrogen-bond donors (Lipinski definition) is 1. The molecule has 0 aliphatic heterocycles. The number of rotatable bonds is 5. The standard InChI is InChI=1S/C15H26BrNS/c1-11(2)15(6,10-17-14(3,4)5)9-13-12(16)7-8-18-13/h7-8,11,17H,9-10H2,1-6H3. The van der Waals surface area contributed by atoms with E-state index in [1.54, 1.807) is 0 Å². The summed E-state index contributed by atoms with van der Waals surface area (Å²) in [6.07, 6.45) is 1.13. The number of nitrogens with one attached hydrogen (secondary N) is 1. The van der Waals surface area contributed by atoms with Gasteiger partial charge >= 0.3 is 0 Å². The van der Waals surface area contributed by atoms with Gasteiger partial charge in [-0.15, -0.1) is 11.3 Å². The van der Waals surface area contributed by atoms with Crippen LogP contribution in [0.25, 0.3) is 0 Å². The predicted octanol–water partition coefficient (Wildman–Crippen LogP) is 5.10. The molecule has 0 saturated heterocycles. The van der Waals surface area contributed by atoms with Gasteiger partial charge in [-0.25, -0.2) is 0 Å². The lowest BCUT2D eigenvalue weighted by atomic mass is 9.75. The van der Waals surface area contributed by atoms with Crippen molar-refractivity contribution in [1.29, 1.82) is 0 Å². The molecular formula is C15H26BrNS. The highest BCUT2D eigenvalue weighted by Crippen LogP contribution is 2.35. The molecule has 0 bridgehead atoms. The minimum Gasteiger partial charge on any atom is -0.312 e. The molecule has 0 spiro atoms. The predicted molar refractivity (Wildman–Crippen MR) is 86.4 cm³/mol. The number of thiophene rings is 1. The van der Waals surface area contributed by atoms with Gasteiger partial charge in [-0.1, -0.05) is 20.8 Å². The van der Waals surface area contributed by atoms with Crippen LogP contribution in [0.3, 0.4) is 0 Å². The summed E-state index contributed by atoms with van der Waals surface area (Å²) in [6, 6.07) is 2.15. The summed E-state index contributed by atoms with van der Waals surface area (Å²) in [7, 11) is 0. The van der Waals surface area contributed by atoms with Gasteiger partial charge in [0.15, 0.2) is 0 Å². The van der Waals surface area contributed by atoms with Gasteiger partial charge in [0.2, 0.25) is 0 Å². The summed E-state index contributed by atoms with van der Waals surface area (Å²) >= 11 is 5.50. The molecule has 0 radical (unpaired) electrons. The lowest BCUT2D eigenvalue weighted by Gasteiger charge is -2.37. The van der Waals surface area contributed by atoms with Crippen LogP contribution in [0.15, 0.2) is 15.9 Å². The molecule has 0 aliphatic carbocycles. The molecule has 0 amide bonds. The Labute approximate surface area is 125 Å². The topological polar surface area (TPSA) is 12.0 Å². The van der Waals surface area contributed by atoms with Gasteiger partial charge in [0, 0.05) is 21.4 Å². The SMILES string of the molecule is CC(C)C(C)(CNC(C)(C)C)Cc1sccc1Br. The average Bonchev–Trinajstić information content (AvgIpc) is 2.60. The van der Waals surface area contributed by atoms with Gasteiger partial charge in [0.05, 0.1) is 0 Å². The molecule has 1 nitrogen and oxygen atoms in total. The summed E-state index contributed by atoms with van der Waals surface area (Å²) in [5.74, 6) is 0.654. The maximum atomic E-state index is 3.67. The lowest BCUT2D eigenvalue weighted by molar-refractivity contribution is 0.189. The Morgan fingerprint density at radius 1 is 1.28 bits per heavy atom. The summed E-state index contributed by atoms with van der Waals surface area (Å²) in [5.41, 5.74) is 0.476. The Kier molecular flexibility index (Phi) is 5.45. The Bertz CT molecular complexity index is 378. The molecule has 1 N–H and O–H groups in total. The largest absolute Gasteiger partial charge is 0.312 e. The third kappa shape index (κ3) is 4.67. The van der Waals surface area contributed by atoms with Gasteiger partial charge < -0.3 is 5.32 Å². The van der Waals surface area contributed by atoms with Crippen LogP contribution in [0.4, 0.5) is 0 Å². The smallest absolute Gasteiger partial charge is 0.0314 e. The van der Waals surface area contributed by atoms with Gasteiger partial charge in [-0.05, 0) is 65.9 Å². The summed E-state index contributed by atoms with van der Waals surface area (Å²) < 4.78 is 1.26. The van der Waals surface area contributed by atoms with Crippen LogP contribution in [0.2, 0.25) is 0 Å². The molecule has 1 unspecified atom stereocenters. The number of hydrogen-bond acceptors (Lipinski definition) is 2. The van der Waals surface area contributed by atoms with Gasteiger partial charge in [-0.3, -0.25) is 0 Å². The monoisotopic (exact) mass is 331 g/mol. The molecule has 1 heterocycles. The fourth-order valence-electron chi connectivity index (χ4n) is 1.76. The van der Waals surface area contributed by atoms with E-state index in [1.165, 1.54) is 9.35 Å². The van der Waals surface area contributed by atoms with Gasteiger partial charge in [0.1, 0.15) is 0 Å². The first-order chi connectivity index (χ1) is 8.14. The van der Waals surface area contributed by atoms with E-state index in [0.717, 1.165) is 13.0 Å². The highest BCUT2D eigenvalue weighted by atomic mass is 79.9. The first-order valence-corrected chi connectivity index (χ1v) is 8.28. The van der Waals surface area contributed by atoms with E-state index in [0.29, 0.717) is 11.3 Å². The minimum atomic E-state index is 0.183. The molecule has 0 aliphatic rings. The van der Waals surface area contributed by atoms with Crippen molar-refractivity contribution in [3.05, 3.63) is 20.8 Å². The maximum Gasteiger partial charge on any atom is 0.0314 e.